The fourth-order valence-electron chi connectivity index (χ4n) is 2.90. The van der Waals surface area contributed by atoms with Gasteiger partial charge in [0.2, 0.25) is 11.8 Å². The maximum atomic E-state index is 12.9. The maximum absolute atomic E-state index is 12.9. The third kappa shape index (κ3) is 5.55. The summed E-state index contributed by atoms with van der Waals surface area (Å²) < 4.78 is 0. The van der Waals surface area contributed by atoms with Crippen LogP contribution in [0.3, 0.4) is 0 Å². The molecule has 9 heteroatoms. The molecule has 2 aromatic carbocycles. The van der Waals surface area contributed by atoms with Gasteiger partial charge in [-0.2, -0.15) is 0 Å². The summed E-state index contributed by atoms with van der Waals surface area (Å²) in [6.07, 6.45) is 1.53. The van der Waals surface area contributed by atoms with Gasteiger partial charge < -0.3 is 5.32 Å². The van der Waals surface area contributed by atoms with Crippen LogP contribution in [0.15, 0.2) is 60.1 Å². The lowest BCUT2D eigenvalue weighted by atomic mass is 10.1. The van der Waals surface area contributed by atoms with Crippen molar-refractivity contribution in [2.24, 2.45) is 4.99 Å². The molecule has 6 nitrogen and oxygen atoms in total. The van der Waals surface area contributed by atoms with Gasteiger partial charge in [-0.25, -0.2) is 4.99 Å². The summed E-state index contributed by atoms with van der Waals surface area (Å²) >= 11 is 13.3. The number of rotatable bonds is 7. The topological polar surface area (TPSA) is 78.8 Å². The number of halogens is 2. The molecule has 0 bridgehead atoms. The molecule has 2 aromatic rings. The van der Waals surface area contributed by atoms with Gasteiger partial charge in [-0.1, -0.05) is 59.2 Å². The van der Waals surface area contributed by atoms with E-state index >= 15 is 0 Å². The quantitative estimate of drug-likeness (QED) is 0.432. The SMILES string of the molecule is C=CCN1C(=O)C(CC(=O)Nc2cccc(Cl)c2Cl)SC1=Nc1cccc(C(C)=O)c1. The number of nitrogens with one attached hydrogen (secondary N) is 1. The van der Waals surface area contributed by atoms with Crippen LogP contribution in [0.1, 0.15) is 23.7 Å². The van der Waals surface area contributed by atoms with Crippen molar-refractivity contribution in [2.45, 2.75) is 18.6 Å². The lowest BCUT2D eigenvalue weighted by Crippen LogP contribution is -2.33. The number of anilines is 1. The molecule has 1 saturated heterocycles. The van der Waals surface area contributed by atoms with Gasteiger partial charge in [-0.3, -0.25) is 19.3 Å². The van der Waals surface area contributed by atoms with Crippen molar-refractivity contribution in [3.05, 3.63) is 70.7 Å². The fourth-order valence-corrected chi connectivity index (χ4v) is 4.41. The normalized spacial score (nSPS) is 17.1. The van der Waals surface area contributed by atoms with E-state index in [0.717, 1.165) is 0 Å². The molecule has 0 radical (unpaired) electrons. The zero-order chi connectivity index (χ0) is 22.5. The number of aliphatic imine (C=N–C) groups is 1. The third-order valence-electron chi connectivity index (χ3n) is 4.41. The number of benzene rings is 2. The number of hydrogen-bond acceptors (Lipinski definition) is 5. The van der Waals surface area contributed by atoms with E-state index in [2.05, 4.69) is 16.9 Å². The zero-order valence-electron chi connectivity index (χ0n) is 16.6. The molecule has 31 heavy (non-hydrogen) atoms. The maximum Gasteiger partial charge on any atom is 0.242 e. The smallest absolute Gasteiger partial charge is 0.242 e. The molecule has 1 aliphatic heterocycles. The first-order chi connectivity index (χ1) is 14.8. The average molecular weight is 476 g/mol. The number of ketones is 1. The summed E-state index contributed by atoms with van der Waals surface area (Å²) in [5, 5.41) is 3.06. The minimum atomic E-state index is -0.646. The summed E-state index contributed by atoms with van der Waals surface area (Å²) in [6.45, 7) is 5.42. The number of hydrogen-bond donors (Lipinski definition) is 1. The summed E-state index contributed by atoms with van der Waals surface area (Å²) in [7, 11) is 0. The second-order valence-corrected chi connectivity index (χ2v) is 8.65. The van der Waals surface area contributed by atoms with Gasteiger partial charge in [0.25, 0.3) is 0 Å². The molecule has 3 rings (SSSR count). The Kier molecular flexibility index (Phi) is 7.54. The van der Waals surface area contributed by atoms with E-state index in [-0.39, 0.29) is 35.6 Å². The molecule has 1 atom stereocenters. The van der Waals surface area contributed by atoms with Gasteiger partial charge in [0, 0.05) is 18.5 Å². The first kappa shape index (κ1) is 23.1. The number of amidine groups is 1. The van der Waals surface area contributed by atoms with Crippen molar-refractivity contribution in [1.82, 2.24) is 4.90 Å². The largest absolute Gasteiger partial charge is 0.325 e. The van der Waals surface area contributed by atoms with E-state index in [9.17, 15) is 14.4 Å². The van der Waals surface area contributed by atoms with Crippen molar-refractivity contribution in [3.8, 4) is 0 Å². The van der Waals surface area contributed by atoms with Crippen LogP contribution in [-0.4, -0.2) is 39.5 Å². The van der Waals surface area contributed by atoms with Crippen LogP contribution in [0, 0.1) is 0 Å². The number of carbonyl (C=O) groups excluding carboxylic acids is 3. The van der Waals surface area contributed by atoms with Crippen LogP contribution in [0.25, 0.3) is 0 Å². The summed E-state index contributed by atoms with van der Waals surface area (Å²) in [5.74, 6) is -0.679. The van der Waals surface area contributed by atoms with E-state index in [4.69, 9.17) is 23.2 Å². The summed E-state index contributed by atoms with van der Waals surface area (Å²) in [6, 6.07) is 11.8. The lowest BCUT2D eigenvalue weighted by Gasteiger charge is -2.14. The number of Topliss-reactive ketones (excluding diaryl/α,β-unsaturated/α-hetero) is 1. The Morgan fingerprint density at radius 2 is 2.00 bits per heavy atom. The van der Waals surface area contributed by atoms with E-state index in [1.54, 1.807) is 48.5 Å². The predicted octanol–water partition coefficient (Wildman–Crippen LogP) is 5.34. The van der Waals surface area contributed by atoms with Crippen molar-refractivity contribution in [1.29, 1.82) is 0 Å². The summed E-state index contributed by atoms with van der Waals surface area (Å²) in [4.78, 5) is 43.0. The molecule has 0 aromatic heterocycles. The molecular weight excluding hydrogens is 457 g/mol. The Morgan fingerprint density at radius 1 is 1.26 bits per heavy atom. The number of carbonyl (C=O) groups is 3. The number of amides is 2. The highest BCUT2D eigenvalue weighted by Gasteiger charge is 2.38. The minimum Gasteiger partial charge on any atom is -0.325 e. The molecule has 1 aliphatic rings. The second kappa shape index (κ2) is 10.1. The Bertz CT molecular complexity index is 1090. The van der Waals surface area contributed by atoms with Gasteiger partial charge in [0.05, 0.1) is 21.4 Å². The Labute approximate surface area is 194 Å². The molecular formula is C22H19Cl2N3O3S. The molecule has 0 aliphatic carbocycles. The van der Waals surface area contributed by atoms with E-state index in [1.807, 2.05) is 0 Å². The second-order valence-electron chi connectivity index (χ2n) is 6.70. The van der Waals surface area contributed by atoms with Crippen LogP contribution in [0.5, 0.6) is 0 Å². The Morgan fingerprint density at radius 3 is 2.71 bits per heavy atom. The van der Waals surface area contributed by atoms with Gasteiger partial charge in [0.15, 0.2) is 11.0 Å². The predicted molar refractivity (Wildman–Crippen MR) is 127 cm³/mol. The molecule has 0 spiro atoms. The highest BCUT2D eigenvalue weighted by Crippen LogP contribution is 2.33. The zero-order valence-corrected chi connectivity index (χ0v) is 18.9. The standard InChI is InChI=1S/C22H19Cl2N3O3S/c1-3-10-27-21(30)18(12-19(29)26-17-9-5-8-16(23)20(17)24)31-22(27)25-15-7-4-6-14(11-15)13(2)28/h3-9,11,18H,1,10,12H2,2H3,(H,26,29). The van der Waals surface area contributed by atoms with Gasteiger partial charge in [0.1, 0.15) is 5.25 Å². The van der Waals surface area contributed by atoms with Crippen molar-refractivity contribution >= 4 is 69.1 Å². The van der Waals surface area contributed by atoms with Crippen molar-refractivity contribution in [3.63, 3.8) is 0 Å². The van der Waals surface area contributed by atoms with Crippen LogP contribution in [0.2, 0.25) is 10.0 Å². The van der Waals surface area contributed by atoms with Crippen LogP contribution < -0.4 is 5.32 Å². The number of thioether (sulfide) groups is 1. The van der Waals surface area contributed by atoms with Gasteiger partial charge >= 0.3 is 0 Å². The number of nitrogens with zero attached hydrogens (tertiary/aromatic N) is 2. The highest BCUT2D eigenvalue weighted by molar-refractivity contribution is 8.15. The molecule has 0 saturated carbocycles. The summed E-state index contributed by atoms with van der Waals surface area (Å²) in [5.41, 5.74) is 1.46. The Hall–Kier alpha value is -2.61. The first-order valence-electron chi connectivity index (χ1n) is 9.32. The monoisotopic (exact) mass is 475 g/mol. The van der Waals surface area contributed by atoms with Crippen molar-refractivity contribution < 1.29 is 14.4 Å². The van der Waals surface area contributed by atoms with Crippen LogP contribution in [-0.2, 0) is 9.59 Å². The average Bonchev–Trinajstić information content (AvgIpc) is 3.00. The van der Waals surface area contributed by atoms with E-state index in [1.165, 1.54) is 23.6 Å². The molecule has 2 amide bonds. The fraction of sp³-hybridized carbons (Fsp3) is 0.182. The molecule has 1 fully saturated rings. The molecule has 160 valence electrons. The van der Waals surface area contributed by atoms with E-state index < -0.39 is 5.25 Å². The minimum absolute atomic E-state index is 0.0630. The van der Waals surface area contributed by atoms with Crippen molar-refractivity contribution in [2.75, 3.05) is 11.9 Å². The Balaban J connectivity index is 1.78. The van der Waals surface area contributed by atoms with Crippen LogP contribution >= 0.6 is 35.0 Å². The molecule has 1 N–H and O–H groups in total. The molecule has 1 unspecified atom stereocenters. The molecule has 1 heterocycles. The third-order valence-corrected chi connectivity index (χ3v) is 6.40. The van der Waals surface area contributed by atoms with Gasteiger partial charge in [-0.05, 0) is 31.2 Å². The first-order valence-corrected chi connectivity index (χ1v) is 11.0. The van der Waals surface area contributed by atoms with E-state index in [0.29, 0.717) is 27.1 Å². The lowest BCUT2D eigenvalue weighted by molar-refractivity contribution is -0.127. The van der Waals surface area contributed by atoms with Crippen LogP contribution in [0.4, 0.5) is 11.4 Å². The van der Waals surface area contributed by atoms with Gasteiger partial charge in [-0.15, -0.1) is 6.58 Å². The highest BCUT2D eigenvalue weighted by atomic mass is 35.5.